The second kappa shape index (κ2) is 7.52. The van der Waals surface area contributed by atoms with Gasteiger partial charge in [-0.3, -0.25) is 4.90 Å². The molecule has 0 spiro atoms. The number of sulfonamides is 1. The zero-order chi connectivity index (χ0) is 16.9. The van der Waals surface area contributed by atoms with Gasteiger partial charge in [-0.2, -0.15) is 0 Å². The molecule has 1 rings (SSSR count). The van der Waals surface area contributed by atoms with Gasteiger partial charge < -0.3 is 9.47 Å². The van der Waals surface area contributed by atoms with Gasteiger partial charge in [0.1, 0.15) is 17.2 Å². The summed E-state index contributed by atoms with van der Waals surface area (Å²) >= 11 is 4.88. The Balaban J connectivity index is 2.93. The molecule has 0 unspecified atom stereocenters. The quantitative estimate of drug-likeness (QED) is 0.626. The first-order chi connectivity index (χ1) is 10.1. The molecule has 1 aromatic carbocycles. The summed E-state index contributed by atoms with van der Waals surface area (Å²) in [6, 6.07) is 4.80. The molecule has 0 radical (unpaired) electrons. The Labute approximate surface area is 135 Å². The fraction of sp³-hybridized carbons (Fsp3) is 0.385. The number of benzene rings is 1. The lowest BCUT2D eigenvalue weighted by molar-refractivity contribution is 0.0598. The van der Waals surface area contributed by atoms with Gasteiger partial charge in [0, 0.05) is 0 Å². The van der Waals surface area contributed by atoms with Crippen molar-refractivity contribution in [2.75, 3.05) is 27.1 Å². The van der Waals surface area contributed by atoms with Crippen LogP contribution in [0.3, 0.4) is 0 Å². The van der Waals surface area contributed by atoms with E-state index in [0.29, 0.717) is 0 Å². The third-order valence-electron chi connectivity index (χ3n) is 2.41. The summed E-state index contributed by atoms with van der Waals surface area (Å²) in [5, 5.41) is -0.363. The molecule has 0 atom stereocenters. The lowest BCUT2D eigenvalue weighted by Crippen LogP contribution is -2.38. The van der Waals surface area contributed by atoms with Gasteiger partial charge in [-0.05, 0) is 50.9 Å². The van der Waals surface area contributed by atoms with Crippen molar-refractivity contribution >= 4 is 33.4 Å². The summed E-state index contributed by atoms with van der Waals surface area (Å²) in [5.74, 6) is -0.716. The van der Waals surface area contributed by atoms with Crippen molar-refractivity contribution in [3.05, 3.63) is 29.3 Å². The fourth-order valence-electron chi connectivity index (χ4n) is 1.61. The summed E-state index contributed by atoms with van der Waals surface area (Å²) in [7, 11) is 0.805. The van der Waals surface area contributed by atoms with Crippen molar-refractivity contribution in [1.29, 1.82) is 0 Å². The van der Waals surface area contributed by atoms with Gasteiger partial charge >= 0.3 is 5.97 Å². The van der Waals surface area contributed by atoms with E-state index in [1.807, 2.05) is 0 Å². The van der Waals surface area contributed by atoms with Gasteiger partial charge in [-0.1, -0.05) is 6.07 Å². The molecule has 7 nitrogen and oxygen atoms in total. The van der Waals surface area contributed by atoms with Crippen molar-refractivity contribution in [2.45, 2.75) is 6.92 Å². The molecule has 0 saturated carbocycles. The Morgan fingerprint density at radius 1 is 1.36 bits per heavy atom. The van der Waals surface area contributed by atoms with Crippen LogP contribution < -0.4 is 9.46 Å². The number of thiocarbonyl (C=S) groups is 1. The lowest BCUT2D eigenvalue weighted by Gasteiger charge is -2.15. The van der Waals surface area contributed by atoms with Gasteiger partial charge in [0.25, 0.3) is 5.17 Å². The standard InChI is InChI=1S/C13H18N2O5S2/c1-9-5-6-10(12(16)19-4)11(7-9)20-13(21)14-22(17,18)8-15(2)3/h5-7H,8H2,1-4H3,(H,14,21). The zero-order valence-corrected chi connectivity index (χ0v) is 14.4. The first-order valence-electron chi connectivity index (χ1n) is 6.20. The van der Waals surface area contributed by atoms with E-state index >= 15 is 0 Å². The number of nitrogens with one attached hydrogen (secondary N) is 1. The molecule has 0 aliphatic rings. The molecule has 0 aliphatic heterocycles. The summed E-state index contributed by atoms with van der Waals surface area (Å²) < 4.78 is 35.6. The van der Waals surface area contributed by atoms with Crippen LogP contribution in [0.1, 0.15) is 15.9 Å². The first kappa shape index (κ1) is 18.3. The Kier molecular flexibility index (Phi) is 6.27. The topological polar surface area (TPSA) is 84.9 Å². The van der Waals surface area contributed by atoms with Crippen molar-refractivity contribution in [2.24, 2.45) is 0 Å². The van der Waals surface area contributed by atoms with Crippen LogP contribution in [0.25, 0.3) is 0 Å². The Hall–Kier alpha value is -1.71. The van der Waals surface area contributed by atoms with Crippen LogP contribution in [-0.4, -0.2) is 51.5 Å². The summed E-state index contributed by atoms with van der Waals surface area (Å²) in [4.78, 5) is 13.1. The molecule has 0 bridgehead atoms. The molecule has 0 amide bonds. The minimum atomic E-state index is -3.66. The number of nitrogens with zero attached hydrogens (tertiary/aromatic N) is 1. The third-order valence-corrected chi connectivity index (χ3v) is 4.08. The number of carbonyl (C=O) groups is 1. The number of carbonyl (C=O) groups excluding carboxylic acids is 1. The van der Waals surface area contributed by atoms with Crippen molar-refractivity contribution < 1.29 is 22.7 Å². The van der Waals surface area contributed by atoms with E-state index < -0.39 is 16.0 Å². The fourth-order valence-corrected chi connectivity index (χ4v) is 3.12. The largest absolute Gasteiger partial charge is 0.465 e. The van der Waals surface area contributed by atoms with Crippen molar-refractivity contribution in [3.8, 4) is 5.75 Å². The molecule has 0 aliphatic carbocycles. The van der Waals surface area contributed by atoms with Gasteiger partial charge in [0.2, 0.25) is 10.0 Å². The number of hydrogen-bond donors (Lipinski definition) is 1. The molecule has 0 aromatic heterocycles. The summed E-state index contributed by atoms with van der Waals surface area (Å²) in [6.07, 6.45) is 0. The van der Waals surface area contributed by atoms with E-state index in [9.17, 15) is 13.2 Å². The molecule has 0 saturated heterocycles. The number of ether oxygens (including phenoxy) is 2. The Morgan fingerprint density at radius 2 is 2.00 bits per heavy atom. The molecule has 0 heterocycles. The SMILES string of the molecule is COC(=O)c1ccc(C)cc1OC(=S)NS(=O)(=O)CN(C)C. The summed E-state index contributed by atoms with van der Waals surface area (Å²) in [6.45, 7) is 1.80. The number of aryl methyl sites for hydroxylation is 1. The van der Waals surface area contributed by atoms with E-state index in [0.717, 1.165) is 5.56 Å². The van der Waals surface area contributed by atoms with Crippen LogP contribution in [0.5, 0.6) is 5.75 Å². The second-order valence-corrected chi connectivity index (χ2v) is 6.87. The number of rotatable bonds is 5. The van der Waals surface area contributed by atoms with E-state index in [2.05, 4.69) is 9.46 Å². The van der Waals surface area contributed by atoms with Crippen LogP contribution in [-0.2, 0) is 14.8 Å². The maximum absolute atomic E-state index is 11.8. The van der Waals surface area contributed by atoms with Gasteiger partial charge in [-0.15, -0.1) is 0 Å². The smallest absolute Gasteiger partial charge is 0.341 e. The lowest BCUT2D eigenvalue weighted by atomic mass is 10.1. The van der Waals surface area contributed by atoms with Crippen LogP contribution in [0.4, 0.5) is 0 Å². The summed E-state index contributed by atoms with van der Waals surface area (Å²) in [5.41, 5.74) is 0.976. The van der Waals surface area contributed by atoms with Crippen LogP contribution in [0, 0.1) is 6.92 Å². The third kappa shape index (κ3) is 5.58. The molecule has 0 fully saturated rings. The molecule has 1 N–H and O–H groups in total. The monoisotopic (exact) mass is 346 g/mol. The highest BCUT2D eigenvalue weighted by atomic mass is 32.2. The van der Waals surface area contributed by atoms with Crippen LogP contribution in [0.15, 0.2) is 18.2 Å². The van der Waals surface area contributed by atoms with Gasteiger partial charge in [-0.25, -0.2) is 17.9 Å². The molecular weight excluding hydrogens is 328 g/mol. The number of hydrogen-bond acceptors (Lipinski definition) is 7. The van der Waals surface area contributed by atoms with E-state index in [4.69, 9.17) is 17.0 Å². The van der Waals surface area contributed by atoms with Gasteiger partial charge in [0.15, 0.2) is 0 Å². The van der Waals surface area contributed by atoms with E-state index in [1.165, 1.54) is 18.1 Å². The average molecular weight is 346 g/mol. The normalized spacial score (nSPS) is 11.1. The molecular formula is C13H18N2O5S2. The highest BCUT2D eigenvalue weighted by molar-refractivity contribution is 7.91. The zero-order valence-electron chi connectivity index (χ0n) is 12.7. The maximum atomic E-state index is 11.8. The van der Waals surface area contributed by atoms with Crippen molar-refractivity contribution in [1.82, 2.24) is 9.62 Å². The van der Waals surface area contributed by atoms with E-state index in [-0.39, 0.29) is 22.4 Å². The van der Waals surface area contributed by atoms with Crippen LogP contribution >= 0.6 is 12.2 Å². The minimum absolute atomic E-state index is 0.129. The highest BCUT2D eigenvalue weighted by Gasteiger charge is 2.18. The Bertz CT molecular complexity index is 671. The van der Waals surface area contributed by atoms with Crippen LogP contribution in [0.2, 0.25) is 0 Å². The Morgan fingerprint density at radius 3 is 2.55 bits per heavy atom. The second-order valence-electron chi connectivity index (χ2n) is 4.81. The maximum Gasteiger partial charge on any atom is 0.341 e. The van der Waals surface area contributed by atoms with Crippen molar-refractivity contribution in [3.63, 3.8) is 0 Å². The highest BCUT2D eigenvalue weighted by Crippen LogP contribution is 2.21. The predicted octanol–water partition coefficient (Wildman–Crippen LogP) is 0.884. The van der Waals surface area contributed by atoms with Gasteiger partial charge in [0.05, 0.1) is 7.11 Å². The molecule has 1 aromatic rings. The minimum Gasteiger partial charge on any atom is -0.465 e. The molecule has 122 valence electrons. The number of esters is 1. The predicted molar refractivity (Wildman–Crippen MR) is 86.4 cm³/mol. The average Bonchev–Trinajstić information content (AvgIpc) is 2.35. The van der Waals surface area contributed by atoms with E-state index in [1.54, 1.807) is 33.2 Å². The first-order valence-corrected chi connectivity index (χ1v) is 8.26. The molecule has 22 heavy (non-hydrogen) atoms. The molecule has 9 heteroatoms. The number of methoxy groups -OCH3 is 1.